The molecule has 2 aliphatic carbocycles. The molecule has 320 valence electrons. The van der Waals surface area contributed by atoms with E-state index in [1.54, 1.807) is 30.6 Å². The molecular formula is C46H54N8O7. The van der Waals surface area contributed by atoms with Crippen LogP contribution < -0.4 is 25.0 Å². The molecule has 1 aromatic heterocycles. The Morgan fingerprint density at radius 2 is 1.57 bits per heavy atom. The Morgan fingerprint density at radius 1 is 0.885 bits per heavy atom. The highest BCUT2D eigenvalue weighted by Crippen LogP contribution is 2.36. The van der Waals surface area contributed by atoms with E-state index >= 15 is 0 Å². The molecule has 4 heterocycles. The van der Waals surface area contributed by atoms with Crippen LogP contribution >= 0.6 is 0 Å². The average Bonchev–Trinajstić information content (AvgIpc) is 3.47. The van der Waals surface area contributed by atoms with Crippen molar-refractivity contribution in [3.63, 3.8) is 0 Å². The Kier molecular flexibility index (Phi) is 12.1. The number of ether oxygens (including phenoxy) is 2. The molecule has 1 atom stereocenters. The van der Waals surface area contributed by atoms with Gasteiger partial charge in [-0.3, -0.25) is 39.1 Å². The minimum atomic E-state index is -1.00. The maximum Gasteiger partial charge on any atom is 0.271 e. The number of benzene rings is 2. The molecule has 2 aromatic carbocycles. The predicted octanol–water partition coefficient (Wildman–Crippen LogP) is 5.02. The van der Waals surface area contributed by atoms with Crippen molar-refractivity contribution in [2.45, 2.75) is 128 Å². The topological polar surface area (TPSA) is 187 Å². The summed E-state index contributed by atoms with van der Waals surface area (Å²) in [5, 5.41) is 14.7. The number of carbonyl (C=O) groups excluding carboxylic acids is 5. The normalized spacial score (nSPS) is 24.3. The molecule has 2 saturated heterocycles. The number of aryl methyl sites for hydroxylation is 2. The summed E-state index contributed by atoms with van der Waals surface area (Å²) < 4.78 is 12.5. The number of amides is 5. The van der Waals surface area contributed by atoms with Gasteiger partial charge in [-0.2, -0.15) is 5.26 Å². The summed E-state index contributed by atoms with van der Waals surface area (Å²) in [5.41, 5.74) is 3.29. The zero-order valence-electron chi connectivity index (χ0n) is 35.3. The van der Waals surface area contributed by atoms with E-state index in [2.05, 4.69) is 50.3 Å². The van der Waals surface area contributed by atoms with Crippen LogP contribution in [0.15, 0.2) is 42.7 Å². The van der Waals surface area contributed by atoms with Crippen LogP contribution in [0.4, 0.5) is 5.82 Å². The van der Waals surface area contributed by atoms with Crippen LogP contribution in [0.3, 0.4) is 0 Å². The zero-order valence-corrected chi connectivity index (χ0v) is 35.3. The fourth-order valence-corrected chi connectivity index (χ4v) is 9.59. The number of fused-ring (bicyclic) bond motifs is 1. The van der Waals surface area contributed by atoms with Gasteiger partial charge >= 0.3 is 0 Å². The van der Waals surface area contributed by atoms with Crippen LogP contribution in [0.1, 0.15) is 126 Å². The molecule has 0 bridgehead atoms. The highest BCUT2D eigenvalue weighted by molar-refractivity contribution is 6.23. The number of hydrogen-bond donors (Lipinski definition) is 2. The highest BCUT2D eigenvalue weighted by atomic mass is 16.5. The molecule has 15 heteroatoms. The zero-order chi connectivity index (χ0) is 42.9. The molecular weight excluding hydrogens is 777 g/mol. The largest absolute Gasteiger partial charge is 0.490 e. The molecule has 4 fully saturated rings. The SMILES string of the molecule is Cc1cc(OC2CCC(NC(=O)c3cnc(N4CCC(CN(C(C)C)C5CC(Oc6ccc7c(c6)C(=O)N(C6CCC(=O)NC6=O)C7=O)C5)CC4)cn3)CC2)cc(C)c1C#N. The van der Waals surface area contributed by atoms with Gasteiger partial charge in [-0.15, -0.1) is 0 Å². The summed E-state index contributed by atoms with van der Waals surface area (Å²) in [6, 6.07) is 10.8. The van der Waals surface area contributed by atoms with E-state index < -0.39 is 29.7 Å². The van der Waals surface area contributed by atoms with E-state index in [1.165, 1.54) is 0 Å². The Morgan fingerprint density at radius 3 is 2.21 bits per heavy atom. The lowest BCUT2D eigenvalue weighted by atomic mass is 9.85. The first-order valence-corrected chi connectivity index (χ1v) is 21.7. The van der Waals surface area contributed by atoms with Gasteiger partial charge in [-0.05, 0) is 120 Å². The lowest BCUT2D eigenvalue weighted by Gasteiger charge is -2.46. The molecule has 3 aromatic rings. The van der Waals surface area contributed by atoms with Crippen molar-refractivity contribution >= 4 is 35.4 Å². The van der Waals surface area contributed by atoms with Crippen LogP contribution in [0.25, 0.3) is 0 Å². The lowest BCUT2D eigenvalue weighted by molar-refractivity contribution is -0.136. The van der Waals surface area contributed by atoms with E-state index in [-0.39, 0.29) is 48.1 Å². The number of hydrogen-bond acceptors (Lipinski definition) is 12. The number of nitriles is 1. The third-order valence-electron chi connectivity index (χ3n) is 13.1. The second kappa shape index (κ2) is 17.6. The van der Waals surface area contributed by atoms with Gasteiger partial charge in [0, 0.05) is 57.0 Å². The van der Waals surface area contributed by atoms with Crippen LogP contribution in [-0.4, -0.2) is 105 Å². The quantitative estimate of drug-likeness (QED) is 0.233. The molecule has 15 nitrogen and oxygen atoms in total. The maximum absolute atomic E-state index is 13.3. The van der Waals surface area contributed by atoms with Crippen LogP contribution in [0.5, 0.6) is 11.5 Å². The van der Waals surface area contributed by atoms with E-state index in [1.807, 2.05) is 26.0 Å². The third-order valence-corrected chi connectivity index (χ3v) is 13.1. The second-order valence-electron chi connectivity index (χ2n) is 17.6. The summed E-state index contributed by atoms with van der Waals surface area (Å²) in [6.45, 7) is 11.0. The summed E-state index contributed by atoms with van der Waals surface area (Å²) in [4.78, 5) is 78.4. The van der Waals surface area contributed by atoms with Crippen molar-refractivity contribution in [2.75, 3.05) is 24.5 Å². The molecule has 1 unspecified atom stereocenters. The number of rotatable bonds is 12. The van der Waals surface area contributed by atoms with E-state index in [9.17, 15) is 29.2 Å². The molecule has 5 amide bonds. The van der Waals surface area contributed by atoms with Crippen molar-refractivity contribution in [2.24, 2.45) is 5.92 Å². The monoisotopic (exact) mass is 830 g/mol. The maximum atomic E-state index is 13.3. The molecule has 8 rings (SSSR count). The summed E-state index contributed by atoms with van der Waals surface area (Å²) >= 11 is 0. The molecule has 61 heavy (non-hydrogen) atoms. The Labute approximate surface area is 356 Å². The fraction of sp³-hybridized carbons (Fsp3) is 0.522. The first-order valence-electron chi connectivity index (χ1n) is 21.7. The molecule has 2 saturated carbocycles. The van der Waals surface area contributed by atoms with Gasteiger partial charge in [0.1, 0.15) is 35.2 Å². The highest BCUT2D eigenvalue weighted by Gasteiger charge is 2.45. The Bertz CT molecular complexity index is 2210. The third kappa shape index (κ3) is 8.96. The number of nitrogens with one attached hydrogen (secondary N) is 2. The van der Waals surface area contributed by atoms with Crippen molar-refractivity contribution < 1.29 is 33.4 Å². The first-order chi connectivity index (χ1) is 29.3. The van der Waals surface area contributed by atoms with E-state index in [0.29, 0.717) is 35.0 Å². The van der Waals surface area contributed by atoms with E-state index in [0.717, 1.165) is 98.6 Å². The minimum Gasteiger partial charge on any atom is -0.490 e. The van der Waals surface area contributed by atoms with Crippen molar-refractivity contribution in [1.82, 2.24) is 30.4 Å². The smallest absolute Gasteiger partial charge is 0.271 e. The van der Waals surface area contributed by atoms with Gasteiger partial charge < -0.3 is 19.7 Å². The standard InChI is InChI=1S/C46H54N8O7/c1-26(2)53(31-19-35(20-31)61-33-9-10-36-37(21-33)46(59)54(45(36)58)40-11-12-42(55)51-44(40)57)25-29-13-15-52(16-14-29)41-24-48-39(23-49-41)43(56)50-30-5-7-32(8-6-30)60-34-17-27(3)38(22-47)28(4)18-34/h9-10,17-18,21,23-24,26,29-32,35,40H,5-8,11-16,19-20,25H2,1-4H3,(H,50,56)(H,51,55,57). The van der Waals surface area contributed by atoms with Gasteiger partial charge in [0.15, 0.2) is 0 Å². The molecule has 0 spiro atoms. The summed E-state index contributed by atoms with van der Waals surface area (Å²) in [7, 11) is 0. The number of piperidine rings is 2. The molecule has 3 aliphatic heterocycles. The van der Waals surface area contributed by atoms with Crippen LogP contribution in [0, 0.1) is 31.1 Å². The number of aromatic nitrogens is 2. The summed E-state index contributed by atoms with van der Waals surface area (Å²) in [5.74, 6) is 0.293. The minimum absolute atomic E-state index is 0.0159. The Hall–Kier alpha value is -5.88. The lowest BCUT2D eigenvalue weighted by Crippen LogP contribution is -2.54. The van der Waals surface area contributed by atoms with Gasteiger partial charge in [0.25, 0.3) is 17.7 Å². The molecule has 2 N–H and O–H groups in total. The van der Waals surface area contributed by atoms with Crippen LogP contribution in [-0.2, 0) is 9.59 Å². The molecule has 0 radical (unpaired) electrons. The van der Waals surface area contributed by atoms with Crippen molar-refractivity contribution in [1.29, 1.82) is 5.26 Å². The second-order valence-corrected chi connectivity index (χ2v) is 17.6. The average molecular weight is 831 g/mol. The predicted molar refractivity (Wildman–Crippen MR) is 224 cm³/mol. The summed E-state index contributed by atoms with van der Waals surface area (Å²) in [6.07, 6.45) is 10.6. The van der Waals surface area contributed by atoms with Crippen molar-refractivity contribution in [3.05, 3.63) is 76.2 Å². The van der Waals surface area contributed by atoms with Gasteiger partial charge in [-0.1, -0.05) is 0 Å². The molecule has 5 aliphatic rings. The number of imide groups is 2. The number of anilines is 1. The number of carbonyl (C=O) groups is 5. The Balaban J connectivity index is 0.761. The fourth-order valence-electron chi connectivity index (χ4n) is 9.59. The van der Waals surface area contributed by atoms with E-state index in [4.69, 9.17) is 9.47 Å². The number of nitrogens with zero attached hydrogens (tertiary/aromatic N) is 6. The van der Waals surface area contributed by atoms with Gasteiger partial charge in [-0.25, -0.2) is 9.97 Å². The first kappa shape index (κ1) is 41.8. The van der Waals surface area contributed by atoms with Gasteiger partial charge in [0.2, 0.25) is 11.8 Å². The van der Waals surface area contributed by atoms with Crippen LogP contribution in [0.2, 0.25) is 0 Å². The van der Waals surface area contributed by atoms with Crippen molar-refractivity contribution in [3.8, 4) is 17.6 Å². The van der Waals surface area contributed by atoms with Gasteiger partial charge in [0.05, 0.1) is 41.3 Å².